The number of hydrogen-bond acceptors (Lipinski definition) is 3. The lowest BCUT2D eigenvalue weighted by molar-refractivity contribution is 0.0600. The summed E-state index contributed by atoms with van der Waals surface area (Å²) < 4.78 is 17.6. The molecule has 3 rings (SSSR count). The lowest BCUT2D eigenvalue weighted by atomic mass is 10.1. The Morgan fingerprint density at radius 2 is 1.77 bits per heavy atom. The smallest absolute Gasteiger partial charge is 0.337 e. The summed E-state index contributed by atoms with van der Waals surface area (Å²) in [6.07, 6.45) is 0.674. The molecule has 0 aromatic heterocycles. The number of amides is 1. The maximum atomic E-state index is 13.0. The molecule has 4 nitrogen and oxygen atoms in total. The lowest BCUT2D eigenvalue weighted by Gasteiger charge is -2.17. The highest BCUT2D eigenvalue weighted by atomic mass is 19.1. The van der Waals surface area contributed by atoms with Crippen LogP contribution in [0.4, 0.5) is 10.1 Å². The second kappa shape index (κ2) is 5.60. The van der Waals surface area contributed by atoms with Crippen molar-refractivity contribution in [3.8, 4) is 0 Å². The van der Waals surface area contributed by atoms with Crippen LogP contribution >= 0.6 is 0 Å². The molecule has 0 saturated carbocycles. The van der Waals surface area contributed by atoms with Gasteiger partial charge in [0, 0.05) is 17.8 Å². The van der Waals surface area contributed by atoms with Crippen LogP contribution in [0.5, 0.6) is 0 Å². The fourth-order valence-corrected chi connectivity index (χ4v) is 2.61. The monoisotopic (exact) mass is 299 g/mol. The lowest BCUT2D eigenvalue weighted by Crippen LogP contribution is -2.28. The van der Waals surface area contributed by atoms with E-state index in [4.69, 9.17) is 4.74 Å². The van der Waals surface area contributed by atoms with Gasteiger partial charge in [0.2, 0.25) is 0 Å². The molecule has 0 N–H and O–H groups in total. The van der Waals surface area contributed by atoms with Crippen LogP contribution in [0, 0.1) is 5.82 Å². The van der Waals surface area contributed by atoms with Crippen molar-refractivity contribution in [1.82, 2.24) is 0 Å². The van der Waals surface area contributed by atoms with Gasteiger partial charge in [0.1, 0.15) is 5.82 Å². The number of anilines is 1. The summed E-state index contributed by atoms with van der Waals surface area (Å²) in [6.45, 7) is 0.538. The largest absolute Gasteiger partial charge is 0.465 e. The quantitative estimate of drug-likeness (QED) is 0.801. The first-order valence-corrected chi connectivity index (χ1v) is 6.89. The average Bonchev–Trinajstić information content (AvgIpc) is 2.97. The number of rotatable bonds is 2. The zero-order valence-corrected chi connectivity index (χ0v) is 12.0. The first kappa shape index (κ1) is 14.3. The first-order valence-electron chi connectivity index (χ1n) is 6.89. The fraction of sp³-hybridized carbons (Fsp3) is 0.176. The molecule has 1 amide bonds. The molecule has 1 aliphatic heterocycles. The number of benzene rings is 2. The summed E-state index contributed by atoms with van der Waals surface area (Å²) in [5.41, 5.74) is 2.61. The molecular formula is C17H14FNO3. The average molecular weight is 299 g/mol. The van der Waals surface area contributed by atoms with Gasteiger partial charge in [-0.05, 0) is 54.4 Å². The van der Waals surface area contributed by atoms with Crippen LogP contribution in [-0.2, 0) is 11.2 Å². The number of carbonyl (C=O) groups excluding carboxylic acids is 2. The van der Waals surface area contributed by atoms with Gasteiger partial charge >= 0.3 is 5.97 Å². The van der Waals surface area contributed by atoms with Gasteiger partial charge in [0.05, 0.1) is 12.7 Å². The molecule has 0 bridgehead atoms. The van der Waals surface area contributed by atoms with E-state index in [0.29, 0.717) is 24.1 Å². The van der Waals surface area contributed by atoms with Crippen LogP contribution in [0.25, 0.3) is 0 Å². The van der Waals surface area contributed by atoms with E-state index in [1.165, 1.54) is 31.4 Å². The van der Waals surface area contributed by atoms with Gasteiger partial charge in [-0.3, -0.25) is 4.79 Å². The van der Waals surface area contributed by atoms with Crippen molar-refractivity contribution in [3.05, 3.63) is 65.0 Å². The highest BCUT2D eigenvalue weighted by Gasteiger charge is 2.26. The molecule has 0 radical (unpaired) electrons. The number of carbonyl (C=O) groups is 2. The molecule has 1 heterocycles. The number of hydrogen-bond donors (Lipinski definition) is 0. The van der Waals surface area contributed by atoms with E-state index < -0.39 is 5.97 Å². The van der Waals surface area contributed by atoms with E-state index in [9.17, 15) is 14.0 Å². The van der Waals surface area contributed by atoms with Gasteiger partial charge in [-0.1, -0.05) is 0 Å². The number of esters is 1. The van der Waals surface area contributed by atoms with Crippen LogP contribution in [0.15, 0.2) is 42.5 Å². The predicted octanol–water partition coefficient (Wildman–Crippen LogP) is 2.82. The number of methoxy groups -OCH3 is 1. The number of nitrogens with zero attached hydrogens (tertiary/aromatic N) is 1. The predicted molar refractivity (Wildman–Crippen MR) is 79.6 cm³/mol. The van der Waals surface area contributed by atoms with Crippen molar-refractivity contribution in [1.29, 1.82) is 0 Å². The summed E-state index contributed by atoms with van der Waals surface area (Å²) in [7, 11) is 1.33. The third kappa shape index (κ3) is 2.45. The van der Waals surface area contributed by atoms with Gasteiger partial charge in [-0.25, -0.2) is 9.18 Å². The Bertz CT molecular complexity index is 740. The van der Waals surface area contributed by atoms with Gasteiger partial charge in [0.15, 0.2) is 0 Å². The summed E-state index contributed by atoms with van der Waals surface area (Å²) >= 11 is 0. The summed E-state index contributed by atoms with van der Waals surface area (Å²) in [4.78, 5) is 25.7. The third-order valence-electron chi connectivity index (χ3n) is 3.73. The minimum absolute atomic E-state index is 0.176. The maximum absolute atomic E-state index is 13.0. The Balaban J connectivity index is 1.89. The van der Waals surface area contributed by atoms with Crippen LogP contribution in [0.3, 0.4) is 0 Å². The zero-order valence-electron chi connectivity index (χ0n) is 12.0. The van der Waals surface area contributed by atoms with Crippen molar-refractivity contribution in [2.75, 3.05) is 18.6 Å². The molecule has 5 heteroatoms. The standard InChI is InChI=1S/C17H14FNO3/c1-22-17(21)13-4-7-15-12(10-13)8-9-19(15)16(20)11-2-5-14(18)6-3-11/h2-7,10H,8-9H2,1H3. The number of halogens is 1. The Morgan fingerprint density at radius 3 is 2.45 bits per heavy atom. The topological polar surface area (TPSA) is 46.6 Å². The van der Waals surface area contributed by atoms with Gasteiger partial charge in [-0.15, -0.1) is 0 Å². The van der Waals surface area contributed by atoms with Crippen LogP contribution < -0.4 is 4.90 Å². The van der Waals surface area contributed by atoms with Crippen molar-refractivity contribution in [3.63, 3.8) is 0 Å². The number of fused-ring (bicyclic) bond motifs is 1. The molecule has 2 aromatic carbocycles. The molecule has 0 atom stereocenters. The van der Waals surface area contributed by atoms with Gasteiger partial charge < -0.3 is 9.64 Å². The SMILES string of the molecule is COC(=O)c1ccc2c(c1)CCN2C(=O)c1ccc(F)cc1. The summed E-state index contributed by atoms with van der Waals surface area (Å²) in [5.74, 6) is -0.947. The third-order valence-corrected chi connectivity index (χ3v) is 3.73. The second-order valence-electron chi connectivity index (χ2n) is 5.05. The Morgan fingerprint density at radius 1 is 1.09 bits per heavy atom. The molecular weight excluding hydrogens is 285 g/mol. The van der Waals surface area contributed by atoms with Crippen LogP contribution in [-0.4, -0.2) is 25.5 Å². The summed E-state index contributed by atoms with van der Waals surface area (Å²) in [6, 6.07) is 10.6. The van der Waals surface area contributed by atoms with E-state index in [1.54, 1.807) is 23.1 Å². The van der Waals surface area contributed by atoms with Crippen LogP contribution in [0.2, 0.25) is 0 Å². The van der Waals surface area contributed by atoms with E-state index in [1.807, 2.05) is 0 Å². The Labute approximate surface area is 127 Å². The number of ether oxygens (including phenoxy) is 1. The zero-order chi connectivity index (χ0) is 15.7. The highest BCUT2D eigenvalue weighted by molar-refractivity contribution is 6.07. The molecule has 0 spiro atoms. The van der Waals surface area contributed by atoms with Crippen molar-refractivity contribution in [2.24, 2.45) is 0 Å². The van der Waals surface area contributed by atoms with E-state index >= 15 is 0 Å². The summed E-state index contributed by atoms with van der Waals surface area (Å²) in [5, 5.41) is 0. The minimum atomic E-state index is -0.397. The van der Waals surface area contributed by atoms with Gasteiger partial charge in [0.25, 0.3) is 5.91 Å². The minimum Gasteiger partial charge on any atom is -0.465 e. The van der Waals surface area contributed by atoms with Crippen molar-refractivity contribution in [2.45, 2.75) is 6.42 Å². The normalized spacial score (nSPS) is 12.9. The molecule has 0 saturated heterocycles. The Kier molecular flexibility index (Phi) is 3.63. The van der Waals surface area contributed by atoms with E-state index in [0.717, 1.165) is 11.3 Å². The Hall–Kier alpha value is -2.69. The molecule has 0 aliphatic carbocycles. The molecule has 22 heavy (non-hydrogen) atoms. The van der Waals surface area contributed by atoms with Crippen LogP contribution in [0.1, 0.15) is 26.3 Å². The van der Waals surface area contributed by atoms with E-state index in [-0.39, 0.29) is 11.7 Å². The van der Waals surface area contributed by atoms with Crippen molar-refractivity contribution >= 4 is 17.6 Å². The molecule has 1 aliphatic rings. The first-order chi connectivity index (χ1) is 10.6. The van der Waals surface area contributed by atoms with Crippen molar-refractivity contribution < 1.29 is 18.7 Å². The highest BCUT2D eigenvalue weighted by Crippen LogP contribution is 2.30. The molecule has 2 aromatic rings. The van der Waals surface area contributed by atoms with Gasteiger partial charge in [-0.2, -0.15) is 0 Å². The maximum Gasteiger partial charge on any atom is 0.337 e. The second-order valence-corrected chi connectivity index (χ2v) is 5.05. The fourth-order valence-electron chi connectivity index (χ4n) is 2.61. The molecule has 112 valence electrons. The molecule has 0 unspecified atom stereocenters. The molecule has 0 fully saturated rings. The van der Waals surface area contributed by atoms with E-state index in [2.05, 4.69) is 0 Å².